The monoisotopic (exact) mass is 412 g/mol. The fraction of sp³-hybridized carbons (Fsp3) is 0.682. The molecule has 1 aliphatic heterocycles. The van der Waals surface area contributed by atoms with Gasteiger partial charge in [-0.25, -0.2) is 0 Å². The highest BCUT2D eigenvalue weighted by Crippen LogP contribution is 2.47. The number of ether oxygens (including phenoxy) is 1. The molecule has 29 heavy (non-hydrogen) atoms. The summed E-state index contributed by atoms with van der Waals surface area (Å²) in [6, 6.07) is 7.88. The number of nitrogens with two attached hydrogens (primary N) is 1. The van der Waals surface area contributed by atoms with Gasteiger partial charge in [0.15, 0.2) is 0 Å². The van der Waals surface area contributed by atoms with Gasteiger partial charge in [-0.2, -0.15) is 13.2 Å². The summed E-state index contributed by atoms with van der Waals surface area (Å²) in [6.07, 6.45) is -2.58. The zero-order valence-electron chi connectivity index (χ0n) is 17.1. The van der Waals surface area contributed by atoms with Crippen LogP contribution in [0.5, 0.6) is 0 Å². The topological polar surface area (TPSA) is 55.6 Å². The Morgan fingerprint density at radius 2 is 1.93 bits per heavy atom. The van der Waals surface area contributed by atoms with Crippen molar-refractivity contribution in [3.05, 3.63) is 35.9 Å². The van der Waals surface area contributed by atoms with Crippen LogP contribution in [0, 0.1) is 11.8 Å². The molecule has 3 rings (SSSR count). The van der Waals surface area contributed by atoms with Gasteiger partial charge in [0.25, 0.3) is 0 Å². The number of fused-ring (bicyclic) bond motifs is 1. The minimum Gasteiger partial charge on any atom is -0.459 e. The van der Waals surface area contributed by atoms with E-state index in [9.17, 15) is 18.0 Å². The Morgan fingerprint density at radius 3 is 2.55 bits per heavy atom. The predicted molar refractivity (Wildman–Crippen MR) is 105 cm³/mol. The van der Waals surface area contributed by atoms with Crippen LogP contribution < -0.4 is 5.73 Å². The van der Waals surface area contributed by atoms with E-state index in [1.165, 1.54) is 4.90 Å². The molecule has 1 aromatic rings. The number of esters is 1. The van der Waals surface area contributed by atoms with Gasteiger partial charge in [-0.15, -0.1) is 0 Å². The van der Waals surface area contributed by atoms with E-state index < -0.39 is 30.5 Å². The van der Waals surface area contributed by atoms with Gasteiger partial charge in [0, 0.05) is 6.04 Å². The lowest BCUT2D eigenvalue weighted by atomic mass is 10.0. The smallest absolute Gasteiger partial charge is 0.404 e. The number of likely N-dealkylation sites (tertiary alicyclic amines) is 1. The molecular formula is C22H31F3N2O2. The molecule has 0 spiro atoms. The first kappa shape index (κ1) is 22.1. The van der Waals surface area contributed by atoms with Gasteiger partial charge in [-0.1, -0.05) is 50.6 Å². The predicted octanol–water partition coefficient (Wildman–Crippen LogP) is 4.28. The number of carbonyl (C=O) groups is 1. The number of hydrogen-bond acceptors (Lipinski definition) is 4. The highest BCUT2D eigenvalue weighted by atomic mass is 19.4. The van der Waals surface area contributed by atoms with Crippen LogP contribution in [0.2, 0.25) is 0 Å². The van der Waals surface area contributed by atoms with Gasteiger partial charge < -0.3 is 10.5 Å². The molecule has 2 N–H and O–H groups in total. The van der Waals surface area contributed by atoms with Crippen LogP contribution in [0.1, 0.15) is 51.5 Å². The molecule has 0 bridgehead atoms. The summed E-state index contributed by atoms with van der Waals surface area (Å²) in [5, 5.41) is 0. The van der Waals surface area contributed by atoms with Crippen molar-refractivity contribution in [1.82, 2.24) is 4.90 Å². The lowest BCUT2D eigenvalue weighted by Gasteiger charge is -2.39. The molecule has 2 aliphatic rings. The number of aryl methyl sites for hydroxylation is 1. The summed E-state index contributed by atoms with van der Waals surface area (Å²) in [4.78, 5) is 13.7. The number of rotatable bonds is 7. The van der Waals surface area contributed by atoms with Gasteiger partial charge in [0.05, 0.1) is 12.1 Å². The van der Waals surface area contributed by atoms with E-state index in [1.54, 1.807) is 13.8 Å². The van der Waals surface area contributed by atoms with E-state index in [4.69, 9.17) is 10.5 Å². The molecule has 0 amide bonds. The Morgan fingerprint density at radius 1 is 1.24 bits per heavy atom. The van der Waals surface area contributed by atoms with E-state index >= 15 is 0 Å². The maximum Gasteiger partial charge on any atom is 0.404 e. The van der Waals surface area contributed by atoms with Crippen molar-refractivity contribution < 1.29 is 22.7 Å². The zero-order valence-corrected chi connectivity index (χ0v) is 17.1. The highest BCUT2D eigenvalue weighted by molar-refractivity contribution is 5.71. The number of alkyl halides is 3. The number of carbonyl (C=O) groups excluding carboxylic acids is 1. The summed E-state index contributed by atoms with van der Waals surface area (Å²) in [5.41, 5.74) is 7.47. The van der Waals surface area contributed by atoms with Crippen LogP contribution >= 0.6 is 0 Å². The van der Waals surface area contributed by atoms with Crippen molar-refractivity contribution in [3.8, 4) is 0 Å². The zero-order chi connectivity index (χ0) is 21.2. The van der Waals surface area contributed by atoms with E-state index in [0.717, 1.165) is 18.4 Å². The first-order chi connectivity index (χ1) is 13.7. The minimum absolute atomic E-state index is 0.0169. The Hall–Kier alpha value is -1.60. The van der Waals surface area contributed by atoms with Crippen molar-refractivity contribution >= 4 is 5.97 Å². The maximum atomic E-state index is 13.8. The summed E-state index contributed by atoms with van der Waals surface area (Å²) in [6.45, 7) is 3.42. The molecule has 1 aliphatic carbocycles. The second-order valence-electron chi connectivity index (χ2n) is 8.64. The highest BCUT2D eigenvalue weighted by Gasteiger charge is 2.57. The van der Waals surface area contributed by atoms with Gasteiger partial charge in [-0.3, -0.25) is 9.69 Å². The van der Waals surface area contributed by atoms with Crippen LogP contribution in [0.25, 0.3) is 0 Å². The Labute approximate surface area is 170 Å². The number of hydrogen-bond donors (Lipinski definition) is 1. The van der Waals surface area contributed by atoms with Gasteiger partial charge in [0.1, 0.15) is 12.1 Å². The molecule has 4 nitrogen and oxygen atoms in total. The number of halogens is 3. The third-order valence-electron chi connectivity index (χ3n) is 6.29. The first-order valence-electron chi connectivity index (χ1n) is 10.5. The van der Waals surface area contributed by atoms with Crippen LogP contribution in [0.3, 0.4) is 0 Å². The molecule has 5 atom stereocenters. The second-order valence-corrected chi connectivity index (χ2v) is 8.64. The lowest BCUT2D eigenvalue weighted by Crippen LogP contribution is -2.59. The maximum absolute atomic E-state index is 13.8. The van der Waals surface area contributed by atoms with E-state index in [-0.39, 0.29) is 24.3 Å². The van der Waals surface area contributed by atoms with Crippen LogP contribution in [0.15, 0.2) is 30.3 Å². The fourth-order valence-corrected chi connectivity index (χ4v) is 4.79. The van der Waals surface area contributed by atoms with Crippen LogP contribution in [-0.2, 0) is 16.0 Å². The SMILES string of the molecule is CC(C)C(=O)OC(CCc1ccccc1)C(N)N1[C@H](C(F)(F)F)C[C@@H]2CCC[C@@H]21. The van der Waals surface area contributed by atoms with E-state index in [1.807, 2.05) is 30.3 Å². The van der Waals surface area contributed by atoms with Crippen molar-refractivity contribution in [2.45, 2.75) is 82.9 Å². The molecule has 2 unspecified atom stereocenters. The van der Waals surface area contributed by atoms with Crippen molar-refractivity contribution in [1.29, 1.82) is 0 Å². The molecule has 1 saturated heterocycles. The standard InChI is InChI=1S/C22H31F3N2O2/c1-14(2)21(28)29-18(12-11-15-7-4-3-5-8-15)20(26)27-17-10-6-9-16(17)13-19(27)22(23,24)25/h3-5,7-8,14,16-20H,6,9-13,26H2,1-2H3/t16-,17-,18?,19-,20?/m0/s1. The van der Waals surface area contributed by atoms with E-state index in [0.29, 0.717) is 19.3 Å². The molecule has 0 radical (unpaired) electrons. The lowest BCUT2D eigenvalue weighted by molar-refractivity contribution is -0.193. The molecule has 0 aromatic heterocycles. The average Bonchev–Trinajstić information content (AvgIpc) is 3.26. The molecular weight excluding hydrogens is 381 g/mol. The van der Waals surface area contributed by atoms with Gasteiger partial charge in [0.2, 0.25) is 0 Å². The molecule has 1 aromatic carbocycles. The molecule has 1 saturated carbocycles. The summed E-state index contributed by atoms with van der Waals surface area (Å²) >= 11 is 0. The summed E-state index contributed by atoms with van der Waals surface area (Å²) in [5.74, 6) is -0.773. The number of nitrogens with zero attached hydrogens (tertiary/aromatic N) is 1. The first-order valence-corrected chi connectivity index (χ1v) is 10.5. The third-order valence-corrected chi connectivity index (χ3v) is 6.29. The second kappa shape index (κ2) is 9.04. The third kappa shape index (κ3) is 5.12. The largest absolute Gasteiger partial charge is 0.459 e. The van der Waals surface area contributed by atoms with Gasteiger partial charge in [-0.05, 0) is 43.6 Å². The van der Waals surface area contributed by atoms with Crippen molar-refractivity contribution in [3.63, 3.8) is 0 Å². The Kier molecular flexibility index (Phi) is 6.89. The number of benzene rings is 1. The van der Waals surface area contributed by atoms with Crippen LogP contribution in [-0.4, -0.2) is 41.4 Å². The molecule has 2 fully saturated rings. The summed E-state index contributed by atoms with van der Waals surface area (Å²) in [7, 11) is 0. The van der Waals surface area contributed by atoms with Crippen molar-refractivity contribution in [2.24, 2.45) is 17.6 Å². The summed E-state index contributed by atoms with van der Waals surface area (Å²) < 4.78 is 47.0. The van der Waals surface area contributed by atoms with Crippen LogP contribution in [0.4, 0.5) is 13.2 Å². The van der Waals surface area contributed by atoms with Gasteiger partial charge >= 0.3 is 12.1 Å². The normalized spacial score (nSPS) is 27.1. The Balaban J connectivity index is 1.81. The van der Waals surface area contributed by atoms with E-state index in [2.05, 4.69) is 0 Å². The molecule has 7 heteroatoms. The molecule has 162 valence electrons. The molecule has 1 heterocycles. The average molecular weight is 412 g/mol. The minimum atomic E-state index is -4.34. The Bertz CT molecular complexity index is 680. The fourth-order valence-electron chi connectivity index (χ4n) is 4.79. The quantitative estimate of drug-likeness (QED) is 0.680. The van der Waals surface area contributed by atoms with Crippen molar-refractivity contribution in [2.75, 3.05) is 0 Å².